The molecule has 6 nitrogen and oxygen atoms in total. The van der Waals surface area contributed by atoms with Gasteiger partial charge >= 0.3 is 0 Å². The number of thioether (sulfide) groups is 1. The molecule has 0 aliphatic carbocycles. The van der Waals surface area contributed by atoms with Gasteiger partial charge in [0.15, 0.2) is 5.82 Å². The van der Waals surface area contributed by atoms with Crippen molar-refractivity contribution in [1.29, 1.82) is 0 Å². The van der Waals surface area contributed by atoms with Crippen molar-refractivity contribution in [3.8, 4) is 22.9 Å². The molecule has 3 N–H and O–H groups in total. The van der Waals surface area contributed by atoms with Crippen molar-refractivity contribution >= 4 is 11.8 Å². The molecule has 142 valence electrons. The van der Waals surface area contributed by atoms with Gasteiger partial charge in [-0.05, 0) is 31.6 Å². The lowest BCUT2D eigenvalue weighted by atomic mass is 10.2. The quantitative estimate of drug-likeness (QED) is 0.524. The SMILES string of the molecule is C/C=C\C=C(/N)CCSc1n[nH]c(-c2cc(OC)cc(OC)c2)n1.CC. The third kappa shape index (κ3) is 6.84. The number of benzene rings is 1. The van der Waals surface area contributed by atoms with Crippen LogP contribution < -0.4 is 15.2 Å². The highest BCUT2D eigenvalue weighted by atomic mass is 32.2. The summed E-state index contributed by atoms with van der Waals surface area (Å²) in [5, 5.41) is 7.87. The van der Waals surface area contributed by atoms with E-state index in [2.05, 4.69) is 15.2 Å². The lowest BCUT2D eigenvalue weighted by molar-refractivity contribution is 0.394. The molecule has 0 saturated heterocycles. The van der Waals surface area contributed by atoms with E-state index in [1.54, 1.807) is 26.0 Å². The molecule has 0 saturated carbocycles. The summed E-state index contributed by atoms with van der Waals surface area (Å²) in [6.45, 7) is 5.96. The Bertz CT molecular complexity index is 704. The summed E-state index contributed by atoms with van der Waals surface area (Å²) in [6, 6.07) is 5.58. The molecule has 0 radical (unpaired) electrons. The molecule has 2 aromatic rings. The van der Waals surface area contributed by atoms with Crippen LogP contribution in [0.25, 0.3) is 11.4 Å². The van der Waals surface area contributed by atoms with Gasteiger partial charge in [0.05, 0.1) is 14.2 Å². The van der Waals surface area contributed by atoms with E-state index in [0.29, 0.717) is 22.5 Å². The maximum Gasteiger partial charge on any atom is 0.208 e. The predicted octanol–water partition coefficient (Wildman–Crippen LogP) is 4.42. The van der Waals surface area contributed by atoms with Crippen molar-refractivity contribution in [3.05, 3.63) is 42.1 Å². The van der Waals surface area contributed by atoms with Gasteiger partial charge in [-0.3, -0.25) is 5.10 Å². The minimum Gasteiger partial charge on any atom is -0.497 e. The Labute approximate surface area is 159 Å². The predicted molar refractivity (Wildman–Crippen MR) is 109 cm³/mol. The summed E-state index contributed by atoms with van der Waals surface area (Å²) in [5.74, 6) is 2.90. The molecule has 0 atom stereocenters. The van der Waals surface area contributed by atoms with Gasteiger partial charge in [-0.2, -0.15) is 0 Å². The highest BCUT2D eigenvalue weighted by Crippen LogP contribution is 2.28. The number of nitrogens with zero attached hydrogens (tertiary/aromatic N) is 2. The fourth-order valence-electron chi connectivity index (χ4n) is 1.95. The average molecular weight is 377 g/mol. The van der Waals surface area contributed by atoms with E-state index in [1.807, 2.05) is 57.2 Å². The molecule has 0 aliphatic rings. The lowest BCUT2D eigenvalue weighted by Crippen LogP contribution is -1.98. The van der Waals surface area contributed by atoms with E-state index in [-0.39, 0.29) is 0 Å². The highest BCUT2D eigenvalue weighted by Gasteiger charge is 2.09. The number of aromatic amines is 1. The van der Waals surface area contributed by atoms with Crippen LogP contribution in [0.1, 0.15) is 27.2 Å². The summed E-state index contributed by atoms with van der Waals surface area (Å²) >= 11 is 1.56. The summed E-state index contributed by atoms with van der Waals surface area (Å²) in [7, 11) is 3.23. The van der Waals surface area contributed by atoms with Gasteiger partial charge in [-0.1, -0.05) is 37.8 Å². The molecule has 0 bridgehead atoms. The molecule has 26 heavy (non-hydrogen) atoms. The molecule has 0 aliphatic heterocycles. The third-order valence-electron chi connectivity index (χ3n) is 3.21. The highest BCUT2D eigenvalue weighted by molar-refractivity contribution is 7.99. The summed E-state index contributed by atoms with van der Waals surface area (Å²) in [4.78, 5) is 4.50. The zero-order valence-corrected chi connectivity index (χ0v) is 16.9. The van der Waals surface area contributed by atoms with Crippen LogP contribution in [-0.2, 0) is 0 Å². The smallest absolute Gasteiger partial charge is 0.208 e. The number of ether oxygens (including phenoxy) is 2. The van der Waals surface area contributed by atoms with E-state index in [4.69, 9.17) is 15.2 Å². The molecular weight excluding hydrogens is 348 g/mol. The Hall–Kier alpha value is -2.41. The molecule has 2 rings (SSSR count). The molecule has 7 heteroatoms. The molecule has 1 aromatic carbocycles. The zero-order chi connectivity index (χ0) is 19.4. The summed E-state index contributed by atoms with van der Waals surface area (Å²) in [5.41, 5.74) is 7.61. The monoisotopic (exact) mass is 376 g/mol. The molecule has 0 fully saturated rings. The Kier molecular flexibility index (Phi) is 10.0. The van der Waals surface area contributed by atoms with Gasteiger partial charge in [0.25, 0.3) is 0 Å². The topological polar surface area (TPSA) is 86.0 Å². The largest absolute Gasteiger partial charge is 0.497 e. The standard InChI is InChI=1S/C17H22N4O2S.C2H6/c1-4-5-6-13(18)7-8-24-17-19-16(20-21-17)12-9-14(22-2)11-15(10-12)23-3;1-2/h4-6,9-11H,7-8,18H2,1-3H3,(H,19,20,21);1-2H3/b5-4-,13-6-;. The molecule has 0 amide bonds. The first-order chi connectivity index (χ1) is 12.7. The van der Waals surface area contributed by atoms with Crippen LogP contribution in [0.2, 0.25) is 0 Å². The number of rotatable bonds is 8. The maximum absolute atomic E-state index is 5.90. The van der Waals surface area contributed by atoms with Crippen LogP contribution in [0, 0.1) is 0 Å². The number of hydrogen-bond acceptors (Lipinski definition) is 6. The van der Waals surface area contributed by atoms with E-state index >= 15 is 0 Å². The molecule has 1 heterocycles. The molecule has 0 spiro atoms. The van der Waals surface area contributed by atoms with Gasteiger partial charge in [-0.25, -0.2) is 4.98 Å². The number of H-pyrrole nitrogens is 1. The lowest BCUT2D eigenvalue weighted by Gasteiger charge is -2.06. The first-order valence-electron chi connectivity index (χ1n) is 8.52. The first-order valence-corrected chi connectivity index (χ1v) is 9.50. The van der Waals surface area contributed by atoms with Crippen molar-refractivity contribution < 1.29 is 9.47 Å². The number of allylic oxidation sites excluding steroid dienone is 4. The van der Waals surface area contributed by atoms with E-state index < -0.39 is 0 Å². The normalized spacial score (nSPS) is 11.2. The number of methoxy groups -OCH3 is 2. The Morgan fingerprint density at radius 3 is 2.42 bits per heavy atom. The summed E-state index contributed by atoms with van der Waals surface area (Å²) < 4.78 is 10.6. The van der Waals surface area contributed by atoms with Gasteiger partial charge < -0.3 is 15.2 Å². The van der Waals surface area contributed by atoms with Crippen molar-refractivity contribution in [2.75, 3.05) is 20.0 Å². The molecule has 0 unspecified atom stereocenters. The van der Waals surface area contributed by atoms with Gasteiger partial charge in [0, 0.05) is 23.1 Å². The number of hydrogen-bond donors (Lipinski definition) is 2. The second-order valence-corrected chi connectivity index (χ2v) is 6.00. The van der Waals surface area contributed by atoms with E-state index in [0.717, 1.165) is 23.4 Å². The van der Waals surface area contributed by atoms with Crippen LogP contribution >= 0.6 is 11.8 Å². The average Bonchev–Trinajstić information content (AvgIpc) is 3.16. The van der Waals surface area contributed by atoms with Crippen LogP contribution in [0.5, 0.6) is 11.5 Å². The van der Waals surface area contributed by atoms with Gasteiger partial charge in [-0.15, -0.1) is 5.10 Å². The molecule has 1 aromatic heterocycles. The number of nitrogens with one attached hydrogen (secondary N) is 1. The Balaban J connectivity index is 0.00000163. The van der Waals surface area contributed by atoms with Crippen molar-refractivity contribution in [2.45, 2.75) is 32.3 Å². The van der Waals surface area contributed by atoms with Crippen molar-refractivity contribution in [1.82, 2.24) is 15.2 Å². The first kappa shape index (κ1) is 21.6. The minimum atomic E-state index is 0.673. The van der Waals surface area contributed by atoms with Crippen LogP contribution in [-0.4, -0.2) is 35.2 Å². The van der Waals surface area contributed by atoms with Crippen LogP contribution in [0.3, 0.4) is 0 Å². The number of aromatic nitrogens is 3. The van der Waals surface area contributed by atoms with E-state index in [1.165, 1.54) is 0 Å². The van der Waals surface area contributed by atoms with Crippen molar-refractivity contribution in [2.24, 2.45) is 5.73 Å². The number of nitrogens with two attached hydrogens (primary N) is 1. The van der Waals surface area contributed by atoms with Crippen LogP contribution in [0.15, 0.2) is 47.3 Å². The second-order valence-electron chi connectivity index (χ2n) is 4.93. The Morgan fingerprint density at radius 1 is 1.19 bits per heavy atom. The minimum absolute atomic E-state index is 0.673. The second kappa shape index (κ2) is 12.0. The van der Waals surface area contributed by atoms with Gasteiger partial charge in [0.1, 0.15) is 11.5 Å². The maximum atomic E-state index is 5.90. The Morgan fingerprint density at radius 2 is 1.85 bits per heavy atom. The van der Waals surface area contributed by atoms with Crippen molar-refractivity contribution in [3.63, 3.8) is 0 Å². The zero-order valence-electron chi connectivity index (χ0n) is 16.1. The van der Waals surface area contributed by atoms with Gasteiger partial charge in [0.2, 0.25) is 5.16 Å². The summed E-state index contributed by atoms with van der Waals surface area (Å²) in [6.07, 6.45) is 6.57. The van der Waals surface area contributed by atoms with E-state index in [9.17, 15) is 0 Å². The fourth-order valence-corrected chi connectivity index (χ4v) is 2.73. The van der Waals surface area contributed by atoms with Crippen LogP contribution in [0.4, 0.5) is 0 Å². The molecular formula is C19H28N4O2S. The third-order valence-corrected chi connectivity index (χ3v) is 4.06. The fraction of sp³-hybridized carbons (Fsp3) is 0.368.